The number of nitrogens with zero attached hydrogens (tertiary/aromatic N) is 2. The zero-order valence-electron chi connectivity index (χ0n) is 15.0. The molecular weight excluding hydrogens is 304 g/mol. The summed E-state index contributed by atoms with van der Waals surface area (Å²) < 4.78 is 5.10. The number of amides is 2. The summed E-state index contributed by atoms with van der Waals surface area (Å²) in [6, 6.07) is 7.87. The first-order valence-corrected chi connectivity index (χ1v) is 8.74. The van der Waals surface area contributed by atoms with Crippen molar-refractivity contribution in [2.45, 2.75) is 33.1 Å². The van der Waals surface area contributed by atoms with Crippen LogP contribution in [0.2, 0.25) is 0 Å². The molecule has 5 nitrogen and oxygen atoms in total. The molecule has 0 bridgehead atoms. The topological polar surface area (TPSA) is 49.9 Å². The summed E-state index contributed by atoms with van der Waals surface area (Å²) >= 11 is 0. The molecule has 5 heteroatoms. The van der Waals surface area contributed by atoms with Crippen molar-refractivity contribution in [3.8, 4) is 0 Å². The lowest BCUT2D eigenvalue weighted by molar-refractivity contribution is -0.140. The standard InChI is InChI=1S/C19H28N2O3/c1-4-5-11-20(13-14-24-3)18(22)17-10-12-21(19(17)23)16-8-6-15(2)7-9-16/h6-9,17H,4-5,10-14H2,1-3H3. The van der Waals surface area contributed by atoms with Gasteiger partial charge < -0.3 is 14.5 Å². The highest BCUT2D eigenvalue weighted by molar-refractivity contribution is 6.09. The molecular formula is C19H28N2O3. The molecule has 1 atom stereocenters. The lowest BCUT2D eigenvalue weighted by Crippen LogP contribution is -2.42. The Kier molecular flexibility index (Phi) is 6.79. The fraction of sp³-hybridized carbons (Fsp3) is 0.579. The molecule has 1 saturated heterocycles. The van der Waals surface area contributed by atoms with E-state index in [0.29, 0.717) is 32.7 Å². The van der Waals surface area contributed by atoms with E-state index in [-0.39, 0.29) is 11.8 Å². The summed E-state index contributed by atoms with van der Waals surface area (Å²) in [6.45, 7) is 6.45. The van der Waals surface area contributed by atoms with Gasteiger partial charge in [-0.25, -0.2) is 0 Å². The van der Waals surface area contributed by atoms with Gasteiger partial charge in [0.15, 0.2) is 0 Å². The lowest BCUT2D eigenvalue weighted by Gasteiger charge is -2.25. The summed E-state index contributed by atoms with van der Waals surface area (Å²) in [5.74, 6) is -0.692. The van der Waals surface area contributed by atoms with Crippen LogP contribution in [0, 0.1) is 12.8 Å². The first-order chi connectivity index (χ1) is 11.6. The molecule has 0 aliphatic carbocycles. The third-order valence-corrected chi connectivity index (χ3v) is 4.51. The molecule has 1 aliphatic heterocycles. The Morgan fingerprint density at radius 1 is 1.29 bits per heavy atom. The summed E-state index contributed by atoms with van der Waals surface area (Å²) in [7, 11) is 1.63. The maximum Gasteiger partial charge on any atom is 0.239 e. The van der Waals surface area contributed by atoms with Gasteiger partial charge in [-0.3, -0.25) is 9.59 Å². The van der Waals surface area contributed by atoms with Crippen molar-refractivity contribution in [3.05, 3.63) is 29.8 Å². The van der Waals surface area contributed by atoms with E-state index in [1.54, 1.807) is 16.9 Å². The number of hydrogen-bond acceptors (Lipinski definition) is 3. The van der Waals surface area contributed by atoms with Crippen LogP contribution in [-0.4, -0.2) is 50.1 Å². The SMILES string of the molecule is CCCCN(CCOC)C(=O)C1CCN(c2ccc(C)cc2)C1=O. The summed E-state index contributed by atoms with van der Waals surface area (Å²) in [5.41, 5.74) is 2.03. The average Bonchev–Trinajstić information content (AvgIpc) is 2.97. The van der Waals surface area contributed by atoms with E-state index in [1.807, 2.05) is 31.2 Å². The third-order valence-electron chi connectivity index (χ3n) is 4.51. The molecule has 1 aliphatic rings. The Hall–Kier alpha value is -1.88. The Bertz CT molecular complexity index is 548. The van der Waals surface area contributed by atoms with E-state index in [4.69, 9.17) is 4.74 Å². The van der Waals surface area contributed by atoms with E-state index in [2.05, 4.69) is 6.92 Å². The van der Waals surface area contributed by atoms with Gasteiger partial charge in [0.1, 0.15) is 5.92 Å². The lowest BCUT2D eigenvalue weighted by atomic mass is 10.1. The number of hydrogen-bond donors (Lipinski definition) is 0. The van der Waals surface area contributed by atoms with Gasteiger partial charge in [0, 0.05) is 32.4 Å². The second kappa shape index (κ2) is 8.83. The Morgan fingerprint density at radius 3 is 2.62 bits per heavy atom. The molecule has 1 fully saturated rings. The minimum absolute atomic E-state index is 0.0555. The Balaban J connectivity index is 2.06. The van der Waals surface area contributed by atoms with Gasteiger partial charge in [-0.1, -0.05) is 31.0 Å². The van der Waals surface area contributed by atoms with Gasteiger partial charge in [-0.15, -0.1) is 0 Å². The molecule has 1 aromatic carbocycles. The predicted octanol–water partition coefficient (Wildman–Crippen LogP) is 2.62. The molecule has 2 amide bonds. The van der Waals surface area contributed by atoms with Gasteiger partial charge in [-0.05, 0) is 31.9 Å². The van der Waals surface area contributed by atoms with E-state index < -0.39 is 5.92 Å². The number of ether oxygens (including phenoxy) is 1. The second-order valence-electron chi connectivity index (χ2n) is 6.34. The first-order valence-electron chi connectivity index (χ1n) is 8.74. The minimum atomic E-state index is -0.556. The van der Waals surface area contributed by atoms with Crippen molar-refractivity contribution < 1.29 is 14.3 Å². The molecule has 1 unspecified atom stereocenters. The first kappa shape index (κ1) is 18.5. The maximum absolute atomic E-state index is 12.8. The smallest absolute Gasteiger partial charge is 0.239 e. The van der Waals surface area contributed by atoms with Crippen molar-refractivity contribution in [1.82, 2.24) is 4.90 Å². The molecule has 0 aromatic heterocycles. The van der Waals surface area contributed by atoms with Crippen LogP contribution in [0.5, 0.6) is 0 Å². The van der Waals surface area contributed by atoms with Crippen LogP contribution < -0.4 is 4.90 Å². The Labute approximate surface area is 144 Å². The van der Waals surface area contributed by atoms with E-state index >= 15 is 0 Å². The molecule has 0 radical (unpaired) electrons. The second-order valence-corrected chi connectivity index (χ2v) is 6.34. The van der Waals surface area contributed by atoms with E-state index in [9.17, 15) is 9.59 Å². The van der Waals surface area contributed by atoms with Crippen LogP contribution in [0.15, 0.2) is 24.3 Å². The number of carbonyl (C=O) groups excluding carboxylic acids is 2. The highest BCUT2D eigenvalue weighted by Crippen LogP contribution is 2.27. The summed E-state index contributed by atoms with van der Waals surface area (Å²) in [5, 5.41) is 0. The van der Waals surface area contributed by atoms with Crippen molar-refractivity contribution in [1.29, 1.82) is 0 Å². The normalized spacial score (nSPS) is 17.4. The van der Waals surface area contributed by atoms with Crippen LogP contribution in [-0.2, 0) is 14.3 Å². The number of unbranched alkanes of at least 4 members (excludes halogenated alkanes) is 1. The number of aryl methyl sites for hydroxylation is 1. The van der Waals surface area contributed by atoms with Crippen molar-refractivity contribution in [2.24, 2.45) is 5.92 Å². The fourth-order valence-electron chi connectivity index (χ4n) is 2.99. The molecule has 0 N–H and O–H groups in total. The molecule has 132 valence electrons. The Morgan fingerprint density at radius 2 is 2.00 bits per heavy atom. The highest BCUT2D eigenvalue weighted by atomic mass is 16.5. The van der Waals surface area contributed by atoms with Crippen LogP contribution in [0.1, 0.15) is 31.7 Å². The average molecular weight is 332 g/mol. The van der Waals surface area contributed by atoms with Crippen LogP contribution in [0.3, 0.4) is 0 Å². The van der Waals surface area contributed by atoms with Gasteiger partial charge in [0.05, 0.1) is 6.61 Å². The number of anilines is 1. The van der Waals surface area contributed by atoms with Gasteiger partial charge in [0.25, 0.3) is 0 Å². The zero-order chi connectivity index (χ0) is 17.5. The summed E-state index contributed by atoms with van der Waals surface area (Å²) in [4.78, 5) is 29.1. The number of rotatable bonds is 8. The number of carbonyl (C=O) groups is 2. The third kappa shape index (κ3) is 4.35. The van der Waals surface area contributed by atoms with Crippen molar-refractivity contribution >= 4 is 17.5 Å². The molecule has 1 heterocycles. The van der Waals surface area contributed by atoms with Crippen molar-refractivity contribution in [3.63, 3.8) is 0 Å². The van der Waals surface area contributed by atoms with Crippen LogP contribution >= 0.6 is 0 Å². The van der Waals surface area contributed by atoms with Gasteiger partial charge in [-0.2, -0.15) is 0 Å². The zero-order valence-corrected chi connectivity index (χ0v) is 15.0. The largest absolute Gasteiger partial charge is 0.383 e. The predicted molar refractivity (Wildman–Crippen MR) is 95.0 cm³/mol. The van der Waals surface area contributed by atoms with E-state index in [1.165, 1.54) is 0 Å². The highest BCUT2D eigenvalue weighted by Gasteiger charge is 2.39. The monoisotopic (exact) mass is 332 g/mol. The molecule has 2 rings (SSSR count). The van der Waals surface area contributed by atoms with Crippen molar-refractivity contribution in [2.75, 3.05) is 38.3 Å². The summed E-state index contributed by atoms with van der Waals surface area (Å²) in [6.07, 6.45) is 2.55. The fourth-order valence-corrected chi connectivity index (χ4v) is 2.99. The van der Waals surface area contributed by atoms with Crippen LogP contribution in [0.25, 0.3) is 0 Å². The molecule has 0 spiro atoms. The van der Waals surface area contributed by atoms with Gasteiger partial charge >= 0.3 is 0 Å². The minimum Gasteiger partial charge on any atom is -0.383 e. The number of methoxy groups -OCH3 is 1. The number of benzene rings is 1. The quantitative estimate of drug-likeness (QED) is 0.688. The molecule has 1 aromatic rings. The maximum atomic E-state index is 12.8. The van der Waals surface area contributed by atoms with E-state index in [0.717, 1.165) is 24.1 Å². The van der Waals surface area contributed by atoms with Gasteiger partial charge in [0.2, 0.25) is 11.8 Å². The molecule has 0 saturated carbocycles. The van der Waals surface area contributed by atoms with Crippen LogP contribution in [0.4, 0.5) is 5.69 Å². The molecule has 24 heavy (non-hydrogen) atoms.